The van der Waals surface area contributed by atoms with E-state index in [1.807, 2.05) is 37.5 Å². The first-order valence-corrected chi connectivity index (χ1v) is 13.5. The molecule has 0 amide bonds. The number of fused-ring (bicyclic) bond motifs is 1. The molecule has 0 spiro atoms. The normalized spacial score (nSPS) is 15.8. The molecule has 39 heavy (non-hydrogen) atoms. The molecule has 0 saturated carbocycles. The fourth-order valence-electron chi connectivity index (χ4n) is 5.62. The standard InChI is InChI=1S/C29H35F2N7O/c1-6-37-11-9-19(10-12-37)28(39-5)20-7-8-25(32-15-20)35-29-33-16-23(31)26(36-29)21-13-22(30)27-24(14-21)38(17(2)3)18(4)34-27/h7-8,13-17,19,28H,6,9-12H2,1-5H3,(H,32,33,35,36)/t28-/m1/s1. The van der Waals surface area contributed by atoms with Crippen molar-refractivity contribution in [3.8, 4) is 11.3 Å². The van der Waals surface area contributed by atoms with Gasteiger partial charge in [-0.15, -0.1) is 0 Å². The molecule has 5 rings (SSSR count). The number of imidazole rings is 1. The fraction of sp³-hybridized carbons (Fsp3) is 0.448. The maximum atomic E-state index is 15.0. The lowest BCUT2D eigenvalue weighted by Crippen LogP contribution is -2.35. The van der Waals surface area contributed by atoms with Crippen LogP contribution < -0.4 is 5.32 Å². The van der Waals surface area contributed by atoms with Crippen LogP contribution in [-0.2, 0) is 4.74 Å². The summed E-state index contributed by atoms with van der Waals surface area (Å²) in [7, 11) is 1.74. The smallest absolute Gasteiger partial charge is 0.229 e. The minimum absolute atomic E-state index is 0.00283. The van der Waals surface area contributed by atoms with E-state index in [2.05, 4.69) is 37.1 Å². The maximum absolute atomic E-state index is 15.0. The molecule has 1 N–H and O–H groups in total. The van der Waals surface area contributed by atoms with Gasteiger partial charge in [-0.1, -0.05) is 13.0 Å². The molecule has 1 aromatic carbocycles. The number of benzene rings is 1. The van der Waals surface area contributed by atoms with E-state index in [-0.39, 0.29) is 29.3 Å². The van der Waals surface area contributed by atoms with Gasteiger partial charge in [0.2, 0.25) is 5.95 Å². The van der Waals surface area contributed by atoms with E-state index in [0.717, 1.165) is 44.2 Å². The molecule has 1 aliphatic rings. The SMILES string of the molecule is CCN1CCC([C@@H](OC)c2ccc(Nc3ncc(F)c(-c4cc(F)c5nc(C)n(C(C)C)c5c4)n3)nc2)CC1. The van der Waals surface area contributed by atoms with Gasteiger partial charge in [-0.05, 0) is 82.9 Å². The summed E-state index contributed by atoms with van der Waals surface area (Å²) in [5.74, 6) is 0.640. The minimum Gasteiger partial charge on any atom is -0.376 e. The van der Waals surface area contributed by atoms with Crippen LogP contribution in [0.5, 0.6) is 0 Å². The summed E-state index contributed by atoms with van der Waals surface area (Å²) < 4.78 is 37.6. The Morgan fingerprint density at radius 3 is 2.46 bits per heavy atom. The highest BCUT2D eigenvalue weighted by atomic mass is 19.1. The molecular weight excluding hydrogens is 500 g/mol. The Morgan fingerprint density at radius 1 is 1.05 bits per heavy atom. The molecule has 0 bridgehead atoms. The molecular formula is C29H35F2N7O. The first kappa shape index (κ1) is 27.1. The highest BCUT2D eigenvalue weighted by Gasteiger charge is 2.27. The number of nitrogens with zero attached hydrogens (tertiary/aromatic N) is 6. The molecule has 206 valence electrons. The van der Waals surface area contributed by atoms with Crippen molar-refractivity contribution < 1.29 is 13.5 Å². The largest absolute Gasteiger partial charge is 0.376 e. The molecule has 3 aromatic heterocycles. The van der Waals surface area contributed by atoms with E-state index >= 15 is 0 Å². The van der Waals surface area contributed by atoms with Crippen molar-refractivity contribution in [2.45, 2.75) is 52.7 Å². The summed E-state index contributed by atoms with van der Waals surface area (Å²) in [6, 6.07) is 6.87. The number of hydrogen-bond acceptors (Lipinski definition) is 7. The van der Waals surface area contributed by atoms with Crippen molar-refractivity contribution in [1.82, 2.24) is 29.4 Å². The van der Waals surface area contributed by atoms with E-state index in [4.69, 9.17) is 4.74 Å². The van der Waals surface area contributed by atoms with Crippen LogP contribution in [0.3, 0.4) is 0 Å². The van der Waals surface area contributed by atoms with Crippen LogP contribution in [0.1, 0.15) is 57.1 Å². The number of likely N-dealkylation sites (tertiary alicyclic amines) is 1. The van der Waals surface area contributed by atoms with Crippen LogP contribution in [0.2, 0.25) is 0 Å². The average Bonchev–Trinajstić information content (AvgIpc) is 3.28. The van der Waals surface area contributed by atoms with Crippen LogP contribution >= 0.6 is 0 Å². The number of rotatable bonds is 8. The van der Waals surface area contributed by atoms with Crippen molar-refractivity contribution in [2.75, 3.05) is 32.1 Å². The Hall–Kier alpha value is -3.50. The third-order valence-corrected chi connectivity index (χ3v) is 7.58. The highest BCUT2D eigenvalue weighted by molar-refractivity contribution is 5.83. The van der Waals surface area contributed by atoms with E-state index < -0.39 is 11.6 Å². The molecule has 1 aliphatic heterocycles. The van der Waals surface area contributed by atoms with Crippen LogP contribution in [0, 0.1) is 24.5 Å². The van der Waals surface area contributed by atoms with Crippen molar-refractivity contribution in [3.05, 3.63) is 59.7 Å². The Morgan fingerprint density at radius 2 is 1.82 bits per heavy atom. The maximum Gasteiger partial charge on any atom is 0.229 e. The number of aromatic nitrogens is 5. The predicted molar refractivity (Wildman–Crippen MR) is 148 cm³/mol. The van der Waals surface area contributed by atoms with Crippen LogP contribution in [0.15, 0.2) is 36.7 Å². The third-order valence-electron chi connectivity index (χ3n) is 7.58. The monoisotopic (exact) mass is 535 g/mol. The molecule has 0 aliphatic carbocycles. The third kappa shape index (κ3) is 5.49. The number of hydrogen-bond donors (Lipinski definition) is 1. The fourth-order valence-corrected chi connectivity index (χ4v) is 5.62. The molecule has 1 atom stereocenters. The second-order valence-electron chi connectivity index (χ2n) is 10.4. The zero-order chi connectivity index (χ0) is 27.7. The summed E-state index contributed by atoms with van der Waals surface area (Å²) in [5, 5.41) is 3.05. The predicted octanol–water partition coefficient (Wildman–Crippen LogP) is 6.22. The number of halogens is 2. The van der Waals surface area contributed by atoms with Gasteiger partial charge in [0, 0.05) is 24.9 Å². The molecule has 4 heterocycles. The number of ether oxygens (including phenoxy) is 1. The molecule has 8 nitrogen and oxygen atoms in total. The molecule has 4 aromatic rings. The molecule has 0 radical (unpaired) electrons. The van der Waals surface area contributed by atoms with Crippen molar-refractivity contribution in [2.24, 2.45) is 5.92 Å². The number of piperidine rings is 1. The van der Waals surface area contributed by atoms with Gasteiger partial charge in [0.1, 0.15) is 22.9 Å². The van der Waals surface area contributed by atoms with Gasteiger partial charge in [-0.25, -0.2) is 28.7 Å². The lowest BCUT2D eigenvalue weighted by Gasteiger charge is -2.35. The Labute approximate surface area is 227 Å². The average molecular weight is 536 g/mol. The number of methoxy groups -OCH3 is 1. The van der Waals surface area contributed by atoms with Crippen molar-refractivity contribution in [3.63, 3.8) is 0 Å². The Balaban J connectivity index is 1.38. The lowest BCUT2D eigenvalue weighted by molar-refractivity contribution is 0.0209. The second-order valence-corrected chi connectivity index (χ2v) is 10.4. The van der Waals surface area contributed by atoms with Crippen molar-refractivity contribution in [1.29, 1.82) is 0 Å². The van der Waals surface area contributed by atoms with Crippen LogP contribution in [-0.4, -0.2) is 56.1 Å². The van der Waals surface area contributed by atoms with Gasteiger partial charge in [0.25, 0.3) is 0 Å². The van der Waals surface area contributed by atoms with Gasteiger partial charge in [0.15, 0.2) is 11.6 Å². The molecule has 1 saturated heterocycles. The zero-order valence-corrected chi connectivity index (χ0v) is 23.1. The topological polar surface area (TPSA) is 81.0 Å². The number of anilines is 2. The van der Waals surface area contributed by atoms with Crippen LogP contribution in [0.4, 0.5) is 20.5 Å². The number of nitrogens with one attached hydrogen (secondary N) is 1. The summed E-state index contributed by atoms with van der Waals surface area (Å²) in [5.41, 5.74) is 2.17. The van der Waals surface area contributed by atoms with E-state index in [9.17, 15) is 8.78 Å². The van der Waals surface area contributed by atoms with E-state index in [1.54, 1.807) is 19.4 Å². The molecule has 1 fully saturated rings. The Bertz CT molecular complexity index is 1450. The van der Waals surface area contributed by atoms with E-state index in [1.165, 1.54) is 6.07 Å². The number of aryl methyl sites for hydroxylation is 1. The first-order chi connectivity index (χ1) is 18.8. The first-order valence-electron chi connectivity index (χ1n) is 13.5. The van der Waals surface area contributed by atoms with Gasteiger partial charge < -0.3 is 19.5 Å². The molecule has 0 unspecified atom stereocenters. The summed E-state index contributed by atoms with van der Waals surface area (Å²) in [6.45, 7) is 11.2. The quantitative estimate of drug-likeness (QED) is 0.287. The summed E-state index contributed by atoms with van der Waals surface area (Å²) in [4.78, 5) is 19.8. The van der Waals surface area contributed by atoms with Gasteiger partial charge in [-0.3, -0.25) is 0 Å². The zero-order valence-electron chi connectivity index (χ0n) is 23.1. The van der Waals surface area contributed by atoms with Gasteiger partial charge >= 0.3 is 0 Å². The minimum atomic E-state index is -0.646. The molecule has 10 heteroatoms. The summed E-state index contributed by atoms with van der Waals surface area (Å²) in [6.07, 6.45) is 5.03. The lowest BCUT2D eigenvalue weighted by atomic mass is 9.88. The van der Waals surface area contributed by atoms with E-state index in [0.29, 0.717) is 28.6 Å². The van der Waals surface area contributed by atoms with Gasteiger partial charge in [0.05, 0.1) is 17.8 Å². The number of pyridine rings is 1. The Kier molecular flexibility index (Phi) is 7.86. The van der Waals surface area contributed by atoms with Crippen molar-refractivity contribution >= 4 is 22.8 Å². The van der Waals surface area contributed by atoms with Gasteiger partial charge in [-0.2, -0.15) is 0 Å². The van der Waals surface area contributed by atoms with Crippen LogP contribution in [0.25, 0.3) is 22.3 Å². The summed E-state index contributed by atoms with van der Waals surface area (Å²) >= 11 is 0. The highest BCUT2D eigenvalue weighted by Crippen LogP contribution is 2.34. The second kappa shape index (κ2) is 11.3.